The van der Waals surface area contributed by atoms with Crippen molar-refractivity contribution in [1.82, 2.24) is 15.5 Å². The lowest BCUT2D eigenvalue weighted by Crippen LogP contribution is -2.84. The van der Waals surface area contributed by atoms with Crippen LogP contribution < -0.4 is 21.1 Å². The summed E-state index contributed by atoms with van der Waals surface area (Å²) in [6.07, 6.45) is -4.02. The highest BCUT2D eigenvalue weighted by atomic mass is 19.4. The van der Waals surface area contributed by atoms with Crippen molar-refractivity contribution in [3.63, 3.8) is 0 Å². The van der Waals surface area contributed by atoms with E-state index in [-0.39, 0.29) is 13.1 Å². The predicted octanol–water partition coefficient (Wildman–Crippen LogP) is 2.78. The molecular formula is C21H27F3N4O5. The lowest BCUT2D eigenvalue weighted by Gasteiger charge is -2.73. The molecule has 0 aromatic heterocycles. The van der Waals surface area contributed by atoms with Crippen LogP contribution >= 0.6 is 0 Å². The summed E-state index contributed by atoms with van der Waals surface area (Å²) in [5, 5.41) is 5.09. The number of hydrogen-bond donors (Lipinski definition) is 3. The summed E-state index contributed by atoms with van der Waals surface area (Å²) >= 11 is 0. The van der Waals surface area contributed by atoms with Crippen LogP contribution in [0.25, 0.3) is 0 Å². The topological polar surface area (TPSA) is 123 Å². The zero-order chi connectivity index (χ0) is 24.7. The number of alkyl halides is 3. The number of benzene rings is 1. The Labute approximate surface area is 188 Å². The second kappa shape index (κ2) is 8.31. The van der Waals surface area contributed by atoms with E-state index in [4.69, 9.17) is 10.5 Å². The van der Waals surface area contributed by atoms with Crippen molar-refractivity contribution in [2.24, 2.45) is 5.73 Å². The van der Waals surface area contributed by atoms with E-state index in [1.54, 1.807) is 26.8 Å². The number of urea groups is 1. The minimum absolute atomic E-state index is 0.00313. The summed E-state index contributed by atoms with van der Waals surface area (Å²) in [5.41, 5.74) is 3.73. The van der Waals surface area contributed by atoms with E-state index < -0.39 is 46.8 Å². The number of alkyl carbamates (subject to hydrolysis) is 1. The second-order valence-corrected chi connectivity index (χ2v) is 9.55. The molecule has 182 valence electrons. The number of ether oxygens (including phenoxy) is 2. The number of nitrogens with two attached hydrogens (primary N) is 1. The minimum atomic E-state index is -4.84. The molecule has 9 nitrogen and oxygen atoms in total. The van der Waals surface area contributed by atoms with Gasteiger partial charge < -0.3 is 30.7 Å². The monoisotopic (exact) mass is 472 g/mol. The first-order valence-electron chi connectivity index (χ1n) is 10.3. The normalized spacial score (nSPS) is 23.5. The van der Waals surface area contributed by atoms with Gasteiger partial charge in [0.15, 0.2) is 0 Å². The Morgan fingerprint density at radius 3 is 2.33 bits per heavy atom. The Balaban J connectivity index is 1.71. The molecule has 3 saturated carbocycles. The fourth-order valence-electron chi connectivity index (χ4n) is 4.48. The Morgan fingerprint density at radius 2 is 1.79 bits per heavy atom. The Morgan fingerprint density at radius 1 is 1.15 bits per heavy atom. The van der Waals surface area contributed by atoms with E-state index in [0.717, 1.165) is 0 Å². The van der Waals surface area contributed by atoms with Gasteiger partial charge >= 0.3 is 18.5 Å². The summed E-state index contributed by atoms with van der Waals surface area (Å²) in [6, 6.07) is 4.47. The maximum absolute atomic E-state index is 12.9. The number of halogens is 3. The lowest BCUT2D eigenvalue weighted by molar-refractivity contribution is -0.274. The molecule has 0 heterocycles. The largest absolute Gasteiger partial charge is 0.573 e. The summed E-state index contributed by atoms with van der Waals surface area (Å²) in [5.74, 6) is -0.843. The average Bonchev–Trinajstić information content (AvgIpc) is 2.57. The molecular weight excluding hydrogens is 445 g/mol. The van der Waals surface area contributed by atoms with Crippen LogP contribution in [0.4, 0.5) is 22.8 Å². The molecule has 2 bridgehead atoms. The number of amides is 4. The maximum Gasteiger partial charge on any atom is 0.573 e. The first-order chi connectivity index (χ1) is 15.1. The zero-order valence-corrected chi connectivity index (χ0v) is 18.5. The van der Waals surface area contributed by atoms with Crippen LogP contribution in [0.3, 0.4) is 0 Å². The van der Waals surface area contributed by atoms with Gasteiger partial charge in [-0.1, -0.05) is 12.1 Å². The van der Waals surface area contributed by atoms with Gasteiger partial charge in [-0.25, -0.2) is 9.59 Å². The average molecular weight is 472 g/mol. The number of carbonyl (C=O) groups is 3. The number of hydrogen-bond acceptors (Lipinski definition) is 5. The fraction of sp³-hybridized carbons (Fsp3) is 0.571. The van der Waals surface area contributed by atoms with Crippen molar-refractivity contribution in [2.45, 2.75) is 69.6 Å². The molecule has 33 heavy (non-hydrogen) atoms. The van der Waals surface area contributed by atoms with E-state index in [1.807, 2.05) is 0 Å². The number of nitrogens with one attached hydrogen (secondary N) is 2. The molecule has 4 rings (SSSR count). The van der Waals surface area contributed by atoms with Crippen LogP contribution in [-0.4, -0.2) is 52.5 Å². The van der Waals surface area contributed by atoms with Crippen LogP contribution in [0.5, 0.6) is 5.75 Å². The molecule has 3 aliphatic rings. The van der Waals surface area contributed by atoms with Gasteiger partial charge in [-0.15, -0.1) is 13.2 Å². The molecule has 12 heteroatoms. The van der Waals surface area contributed by atoms with Gasteiger partial charge in [-0.2, -0.15) is 0 Å². The summed E-state index contributed by atoms with van der Waals surface area (Å²) in [7, 11) is 0. The van der Waals surface area contributed by atoms with Crippen molar-refractivity contribution in [3.05, 3.63) is 29.8 Å². The molecule has 0 unspecified atom stereocenters. The van der Waals surface area contributed by atoms with Crippen molar-refractivity contribution < 1.29 is 37.0 Å². The molecule has 0 spiro atoms. The first kappa shape index (κ1) is 24.5. The zero-order valence-electron chi connectivity index (χ0n) is 18.5. The van der Waals surface area contributed by atoms with Crippen LogP contribution in [0, 0.1) is 0 Å². The third-order valence-electron chi connectivity index (χ3n) is 5.53. The SMILES string of the molecule is CC(C)(C)OC(=O)NC12CC(N(Cc3cccc(OC(F)(F)F)c3)C(=O)CNC(N)=O)(C1)C2. The van der Waals surface area contributed by atoms with Crippen molar-refractivity contribution in [3.8, 4) is 5.75 Å². The van der Waals surface area contributed by atoms with E-state index >= 15 is 0 Å². The van der Waals surface area contributed by atoms with Gasteiger partial charge in [0.05, 0.1) is 17.6 Å². The Bertz CT molecular complexity index is 925. The molecule has 3 aliphatic carbocycles. The Hall–Kier alpha value is -3.18. The van der Waals surface area contributed by atoms with Crippen molar-refractivity contribution in [1.29, 1.82) is 0 Å². The van der Waals surface area contributed by atoms with Gasteiger partial charge in [-0.05, 0) is 57.7 Å². The smallest absolute Gasteiger partial charge is 0.444 e. The number of nitrogens with zero attached hydrogens (tertiary/aromatic N) is 1. The number of carbonyl (C=O) groups excluding carboxylic acids is 3. The molecule has 3 fully saturated rings. The van der Waals surface area contributed by atoms with Gasteiger partial charge in [0.2, 0.25) is 5.91 Å². The van der Waals surface area contributed by atoms with Crippen LogP contribution in [0.1, 0.15) is 45.6 Å². The molecule has 0 aliphatic heterocycles. The van der Waals surface area contributed by atoms with Gasteiger partial charge in [0.25, 0.3) is 0 Å². The predicted molar refractivity (Wildman–Crippen MR) is 110 cm³/mol. The molecule has 0 atom stereocenters. The van der Waals surface area contributed by atoms with E-state index in [2.05, 4.69) is 15.4 Å². The first-order valence-corrected chi connectivity index (χ1v) is 10.3. The van der Waals surface area contributed by atoms with Crippen LogP contribution in [-0.2, 0) is 16.1 Å². The molecule has 1 aromatic rings. The molecule has 4 amide bonds. The summed E-state index contributed by atoms with van der Waals surface area (Å²) in [4.78, 5) is 37.6. The van der Waals surface area contributed by atoms with Crippen molar-refractivity contribution >= 4 is 18.0 Å². The lowest BCUT2D eigenvalue weighted by atomic mass is 9.43. The molecule has 1 aromatic carbocycles. The molecule has 0 saturated heterocycles. The summed E-state index contributed by atoms with van der Waals surface area (Å²) in [6.45, 7) is 4.88. The standard InChI is InChI=1S/C21H27F3N4O5/c1-18(2,3)33-17(31)27-19-10-20(11-19,12-19)28(15(29)8-26-16(25)30)9-13-5-4-6-14(7-13)32-21(22,23)24/h4-7H,8-12H2,1-3H3,(H,27,31)(H3,25,26,30). The highest BCUT2D eigenvalue weighted by Crippen LogP contribution is 2.64. The third-order valence-corrected chi connectivity index (χ3v) is 5.53. The van der Waals surface area contributed by atoms with E-state index in [9.17, 15) is 27.6 Å². The third kappa shape index (κ3) is 5.99. The van der Waals surface area contributed by atoms with Crippen LogP contribution in [0.15, 0.2) is 24.3 Å². The maximum atomic E-state index is 12.9. The molecule has 4 N–H and O–H groups in total. The van der Waals surface area contributed by atoms with E-state index in [1.165, 1.54) is 23.1 Å². The second-order valence-electron chi connectivity index (χ2n) is 9.55. The Kier molecular flexibility index (Phi) is 6.16. The van der Waals surface area contributed by atoms with Crippen molar-refractivity contribution in [2.75, 3.05) is 6.54 Å². The number of rotatable bonds is 7. The van der Waals surface area contributed by atoms with Gasteiger partial charge in [0, 0.05) is 6.54 Å². The van der Waals surface area contributed by atoms with E-state index in [0.29, 0.717) is 24.8 Å². The summed E-state index contributed by atoms with van der Waals surface area (Å²) < 4.78 is 46.9. The van der Waals surface area contributed by atoms with Gasteiger partial charge in [0.1, 0.15) is 11.4 Å². The molecule has 0 radical (unpaired) electrons. The highest BCUT2D eigenvalue weighted by molar-refractivity contribution is 5.84. The fourth-order valence-corrected chi connectivity index (χ4v) is 4.48. The highest BCUT2D eigenvalue weighted by Gasteiger charge is 2.72. The van der Waals surface area contributed by atoms with Gasteiger partial charge in [-0.3, -0.25) is 4.79 Å². The quantitative estimate of drug-likeness (QED) is 0.563. The number of primary amides is 1. The minimum Gasteiger partial charge on any atom is -0.444 e. The van der Waals surface area contributed by atoms with Crippen LogP contribution in [0.2, 0.25) is 0 Å².